The highest BCUT2D eigenvalue weighted by Crippen LogP contribution is 2.33. The number of rotatable bonds is 7. The van der Waals surface area contributed by atoms with Gasteiger partial charge in [-0.2, -0.15) is 0 Å². The van der Waals surface area contributed by atoms with Gasteiger partial charge >= 0.3 is 11.6 Å². The van der Waals surface area contributed by atoms with Crippen LogP contribution in [-0.2, 0) is 11.2 Å². The Morgan fingerprint density at radius 2 is 1.85 bits per heavy atom. The van der Waals surface area contributed by atoms with Crippen LogP contribution in [0.15, 0.2) is 76.0 Å². The lowest BCUT2D eigenvalue weighted by molar-refractivity contribution is -0.130. The number of hydrogen-bond acceptors (Lipinski definition) is 5. The maximum atomic E-state index is 11.9. The van der Waals surface area contributed by atoms with Crippen molar-refractivity contribution in [3.8, 4) is 11.5 Å². The van der Waals surface area contributed by atoms with Crippen molar-refractivity contribution < 1.29 is 18.7 Å². The van der Waals surface area contributed by atoms with Crippen LogP contribution in [0.25, 0.3) is 11.0 Å². The number of aryl methyl sites for hydroxylation is 1. The van der Waals surface area contributed by atoms with Gasteiger partial charge in [-0.3, -0.25) is 0 Å². The number of hydrogen-bond donors (Lipinski definition) is 0. The lowest BCUT2D eigenvalue weighted by Gasteiger charge is -2.13. The predicted octanol–water partition coefficient (Wildman–Crippen LogP) is 4.29. The molecule has 0 fully saturated rings. The lowest BCUT2D eigenvalue weighted by atomic mass is 10.1. The van der Waals surface area contributed by atoms with Crippen molar-refractivity contribution in [2.24, 2.45) is 0 Å². The molecule has 0 unspecified atom stereocenters. The number of ether oxygens (including phenoxy) is 2. The minimum Gasteiger partial charge on any atom is -0.490 e. The fourth-order valence-corrected chi connectivity index (χ4v) is 2.56. The topological polar surface area (TPSA) is 65.7 Å². The summed E-state index contributed by atoms with van der Waals surface area (Å²) < 4.78 is 16.4. The molecule has 1 heterocycles. The van der Waals surface area contributed by atoms with Crippen LogP contribution in [0.5, 0.6) is 11.5 Å². The van der Waals surface area contributed by atoms with E-state index < -0.39 is 11.6 Å². The first-order valence-electron chi connectivity index (χ1n) is 8.65. The summed E-state index contributed by atoms with van der Waals surface area (Å²) in [6, 6.07) is 16.2. The maximum Gasteiger partial charge on any atom is 0.338 e. The van der Waals surface area contributed by atoms with E-state index in [9.17, 15) is 9.59 Å². The van der Waals surface area contributed by atoms with Gasteiger partial charge in [-0.1, -0.05) is 36.9 Å². The van der Waals surface area contributed by atoms with E-state index >= 15 is 0 Å². The molecule has 0 aliphatic carbocycles. The molecule has 0 aliphatic heterocycles. The molecule has 0 saturated heterocycles. The van der Waals surface area contributed by atoms with E-state index in [0.717, 1.165) is 12.8 Å². The SMILES string of the molecule is C=C(C)C(=O)Oc1cc2ccc(=O)oc2cc1OCCCc1ccccc1. The van der Waals surface area contributed by atoms with Crippen molar-refractivity contribution in [1.29, 1.82) is 0 Å². The van der Waals surface area contributed by atoms with Gasteiger partial charge in [-0.15, -0.1) is 0 Å². The average molecular weight is 364 g/mol. The number of carbonyl (C=O) groups excluding carboxylic acids is 1. The molecule has 2 aromatic carbocycles. The van der Waals surface area contributed by atoms with E-state index in [1.54, 1.807) is 25.1 Å². The molecule has 0 N–H and O–H groups in total. The third-order valence-corrected chi connectivity index (χ3v) is 3.95. The maximum absolute atomic E-state index is 11.9. The first kappa shape index (κ1) is 18.5. The molecule has 0 aliphatic rings. The Kier molecular flexibility index (Phi) is 5.71. The largest absolute Gasteiger partial charge is 0.490 e. The molecule has 3 aromatic rings. The highest BCUT2D eigenvalue weighted by atomic mass is 16.6. The number of carbonyl (C=O) groups is 1. The van der Waals surface area contributed by atoms with Crippen LogP contribution in [0.3, 0.4) is 0 Å². The van der Waals surface area contributed by atoms with Crippen LogP contribution in [-0.4, -0.2) is 12.6 Å². The summed E-state index contributed by atoms with van der Waals surface area (Å²) in [4.78, 5) is 23.4. The highest BCUT2D eigenvalue weighted by molar-refractivity contribution is 5.90. The van der Waals surface area contributed by atoms with Crippen molar-refractivity contribution in [2.75, 3.05) is 6.61 Å². The molecular formula is C22H20O5. The van der Waals surface area contributed by atoms with Gasteiger partial charge in [0, 0.05) is 23.1 Å². The summed E-state index contributed by atoms with van der Waals surface area (Å²) in [5.41, 5.74) is 1.42. The van der Waals surface area contributed by atoms with Gasteiger partial charge in [-0.05, 0) is 37.5 Å². The number of benzene rings is 2. The van der Waals surface area contributed by atoms with Gasteiger partial charge in [0.15, 0.2) is 11.5 Å². The Morgan fingerprint density at radius 1 is 1.07 bits per heavy atom. The van der Waals surface area contributed by atoms with Crippen LogP contribution >= 0.6 is 0 Å². The first-order valence-corrected chi connectivity index (χ1v) is 8.65. The van der Waals surface area contributed by atoms with Gasteiger partial charge in [0.1, 0.15) is 5.58 Å². The summed E-state index contributed by atoms with van der Waals surface area (Å²) in [6.07, 6.45) is 1.65. The smallest absolute Gasteiger partial charge is 0.338 e. The molecule has 3 rings (SSSR count). The quantitative estimate of drug-likeness (QED) is 0.206. The van der Waals surface area contributed by atoms with E-state index in [1.165, 1.54) is 11.6 Å². The van der Waals surface area contributed by atoms with Crippen LogP contribution < -0.4 is 15.1 Å². The molecule has 0 amide bonds. The van der Waals surface area contributed by atoms with Crippen molar-refractivity contribution in [2.45, 2.75) is 19.8 Å². The molecule has 0 bridgehead atoms. The first-order chi connectivity index (χ1) is 13.0. The zero-order chi connectivity index (χ0) is 19.2. The molecule has 0 saturated carbocycles. The van der Waals surface area contributed by atoms with Gasteiger partial charge in [-0.25, -0.2) is 9.59 Å². The minimum absolute atomic E-state index is 0.268. The fourth-order valence-electron chi connectivity index (χ4n) is 2.56. The second kappa shape index (κ2) is 8.36. The van der Waals surface area contributed by atoms with Gasteiger partial charge in [0.2, 0.25) is 0 Å². The van der Waals surface area contributed by atoms with Gasteiger partial charge in [0.05, 0.1) is 6.61 Å². The van der Waals surface area contributed by atoms with E-state index in [2.05, 4.69) is 18.7 Å². The molecular weight excluding hydrogens is 344 g/mol. The van der Waals surface area contributed by atoms with E-state index in [4.69, 9.17) is 13.9 Å². The van der Waals surface area contributed by atoms with Gasteiger partial charge in [0.25, 0.3) is 0 Å². The second-order valence-corrected chi connectivity index (χ2v) is 6.20. The van der Waals surface area contributed by atoms with E-state index in [-0.39, 0.29) is 11.3 Å². The normalized spacial score (nSPS) is 10.6. The standard InChI is InChI=1S/C22H20O5/c1-15(2)22(24)27-20-13-17-10-11-21(23)26-18(17)14-19(20)25-12-6-9-16-7-4-3-5-8-16/h3-5,7-8,10-11,13-14H,1,6,9,12H2,2H3. The van der Waals surface area contributed by atoms with Crippen LogP contribution in [0.4, 0.5) is 0 Å². The Labute approximate surface area is 156 Å². The zero-order valence-electron chi connectivity index (χ0n) is 15.1. The Bertz CT molecular complexity index is 1020. The molecule has 138 valence electrons. The highest BCUT2D eigenvalue weighted by Gasteiger charge is 2.14. The average Bonchev–Trinajstić information content (AvgIpc) is 2.66. The second-order valence-electron chi connectivity index (χ2n) is 6.20. The van der Waals surface area contributed by atoms with Crippen molar-refractivity contribution in [3.05, 3.63) is 82.7 Å². The fraction of sp³-hybridized carbons (Fsp3) is 0.182. The summed E-state index contributed by atoms with van der Waals surface area (Å²) >= 11 is 0. The summed E-state index contributed by atoms with van der Waals surface area (Å²) in [5.74, 6) is 0.0736. The van der Waals surface area contributed by atoms with Crippen molar-refractivity contribution in [1.82, 2.24) is 0 Å². The third-order valence-electron chi connectivity index (χ3n) is 3.95. The molecule has 0 atom stereocenters. The molecule has 0 radical (unpaired) electrons. The predicted molar refractivity (Wildman–Crippen MR) is 103 cm³/mol. The summed E-state index contributed by atoms with van der Waals surface area (Å²) in [5, 5.41) is 0.635. The summed E-state index contributed by atoms with van der Waals surface area (Å²) in [6.45, 7) is 5.59. The Hall–Kier alpha value is -3.34. The molecule has 27 heavy (non-hydrogen) atoms. The molecule has 5 nitrogen and oxygen atoms in total. The lowest BCUT2D eigenvalue weighted by Crippen LogP contribution is -2.10. The van der Waals surface area contributed by atoms with Crippen LogP contribution in [0.1, 0.15) is 18.9 Å². The third kappa shape index (κ3) is 4.85. The van der Waals surface area contributed by atoms with Crippen molar-refractivity contribution in [3.63, 3.8) is 0 Å². The van der Waals surface area contributed by atoms with Crippen LogP contribution in [0.2, 0.25) is 0 Å². The van der Waals surface area contributed by atoms with Crippen molar-refractivity contribution >= 4 is 16.9 Å². The summed E-state index contributed by atoms with van der Waals surface area (Å²) in [7, 11) is 0. The molecule has 1 aromatic heterocycles. The van der Waals surface area contributed by atoms with E-state index in [0.29, 0.717) is 23.3 Å². The molecule has 0 spiro atoms. The van der Waals surface area contributed by atoms with Crippen LogP contribution in [0, 0.1) is 0 Å². The van der Waals surface area contributed by atoms with Gasteiger partial charge < -0.3 is 13.9 Å². The minimum atomic E-state index is -0.541. The Balaban J connectivity index is 1.78. The number of fused-ring (bicyclic) bond motifs is 1. The Morgan fingerprint density at radius 3 is 2.59 bits per heavy atom. The van der Waals surface area contributed by atoms with E-state index in [1.807, 2.05) is 18.2 Å². The molecule has 5 heteroatoms. The number of esters is 1. The zero-order valence-corrected chi connectivity index (χ0v) is 15.1. The monoisotopic (exact) mass is 364 g/mol.